The van der Waals surface area contributed by atoms with Crippen molar-refractivity contribution < 1.29 is 19.1 Å². The zero-order valence-corrected chi connectivity index (χ0v) is 12.8. The molecule has 0 bridgehead atoms. The van der Waals surface area contributed by atoms with E-state index in [9.17, 15) is 9.59 Å². The molecule has 0 aliphatic heterocycles. The van der Waals surface area contributed by atoms with Gasteiger partial charge in [-0.15, -0.1) is 0 Å². The fourth-order valence-corrected chi connectivity index (χ4v) is 1.72. The van der Waals surface area contributed by atoms with Crippen molar-refractivity contribution in [3.8, 4) is 0 Å². The third-order valence-corrected chi connectivity index (χ3v) is 2.62. The van der Waals surface area contributed by atoms with E-state index in [0.29, 0.717) is 12.3 Å². The molecule has 1 aromatic carbocycles. The van der Waals surface area contributed by atoms with Crippen LogP contribution in [-0.2, 0) is 20.7 Å². The summed E-state index contributed by atoms with van der Waals surface area (Å²) in [5.41, 5.74) is 1.36. The Hall–Kier alpha value is -2.04. The van der Waals surface area contributed by atoms with E-state index in [1.807, 2.05) is 45.0 Å². The average molecular weight is 292 g/mol. The lowest BCUT2D eigenvalue weighted by atomic mass is 10.1. The number of carbonyl (C=O) groups is 1. The number of unbranched alkanes of at least 4 members (excludes halogenated alkanes) is 1. The van der Waals surface area contributed by atoms with Gasteiger partial charge in [0.1, 0.15) is 5.60 Å². The Morgan fingerprint density at radius 2 is 1.86 bits per heavy atom. The molecule has 5 nitrogen and oxygen atoms in total. The van der Waals surface area contributed by atoms with Crippen LogP contribution in [0.15, 0.2) is 24.3 Å². The summed E-state index contributed by atoms with van der Waals surface area (Å²) in [6.45, 7) is 7.27. The molecule has 0 unspecified atom stereocenters. The van der Waals surface area contributed by atoms with E-state index in [-0.39, 0.29) is 0 Å². The first-order chi connectivity index (χ1) is 9.90. The quantitative estimate of drug-likeness (QED) is 0.782. The maximum atomic E-state index is 11.6. The summed E-state index contributed by atoms with van der Waals surface area (Å²) in [4.78, 5) is 21.5. The molecular formula is C16H22NO4. The van der Waals surface area contributed by atoms with Crippen LogP contribution >= 0.6 is 0 Å². The third kappa shape index (κ3) is 7.97. The van der Waals surface area contributed by atoms with Crippen LogP contribution in [0.5, 0.6) is 0 Å². The highest BCUT2D eigenvalue weighted by molar-refractivity contribution is 5.84. The lowest BCUT2D eigenvalue weighted by Crippen LogP contribution is -2.27. The van der Waals surface area contributed by atoms with Crippen molar-refractivity contribution in [3.63, 3.8) is 0 Å². The molecule has 0 heterocycles. The number of nitrogens with one attached hydrogen (secondary N) is 1. The number of amides is 1. The maximum absolute atomic E-state index is 11.6. The van der Waals surface area contributed by atoms with Crippen LogP contribution in [0.2, 0.25) is 0 Å². The summed E-state index contributed by atoms with van der Waals surface area (Å²) in [7, 11) is 0. The molecular weight excluding hydrogens is 270 g/mol. The highest BCUT2D eigenvalue weighted by atomic mass is 16.6. The van der Waals surface area contributed by atoms with Gasteiger partial charge in [-0.25, -0.2) is 9.59 Å². The number of carbonyl (C=O) groups excluding carboxylic acids is 2. The van der Waals surface area contributed by atoms with Crippen molar-refractivity contribution >= 4 is 18.3 Å². The van der Waals surface area contributed by atoms with E-state index < -0.39 is 11.7 Å². The van der Waals surface area contributed by atoms with Crippen LogP contribution in [0.25, 0.3) is 0 Å². The molecule has 0 aromatic heterocycles. The molecule has 5 heteroatoms. The highest BCUT2D eigenvalue weighted by Gasteiger charge is 2.15. The molecule has 0 aliphatic rings. The van der Waals surface area contributed by atoms with E-state index in [1.165, 1.54) is 12.0 Å². The van der Waals surface area contributed by atoms with E-state index >= 15 is 0 Å². The number of aryl methyl sites for hydroxylation is 1. The second kappa shape index (κ2) is 8.29. The molecule has 1 aromatic rings. The lowest BCUT2D eigenvalue weighted by Gasteiger charge is -2.19. The van der Waals surface area contributed by atoms with E-state index in [0.717, 1.165) is 19.3 Å². The van der Waals surface area contributed by atoms with Gasteiger partial charge < -0.3 is 9.47 Å². The minimum absolute atomic E-state index is 0.405. The van der Waals surface area contributed by atoms with Crippen molar-refractivity contribution in [2.45, 2.75) is 45.6 Å². The molecule has 0 aliphatic carbocycles. The molecule has 1 amide bonds. The standard InChI is InChI=1S/C16H22NO4/c1-16(2,3)21-15(19)17-14-9-7-13(8-10-14)6-4-5-11-20-12-18/h7-10H,4-6,11H2,1-3H3,(H,17,19). The summed E-state index contributed by atoms with van der Waals surface area (Å²) in [6, 6.07) is 7.60. The molecule has 0 spiro atoms. The van der Waals surface area contributed by atoms with Crippen LogP contribution < -0.4 is 5.32 Å². The van der Waals surface area contributed by atoms with Crippen molar-refractivity contribution in [2.75, 3.05) is 11.9 Å². The summed E-state index contributed by atoms with van der Waals surface area (Å²) >= 11 is 0. The van der Waals surface area contributed by atoms with Crippen LogP contribution in [0.3, 0.4) is 0 Å². The van der Waals surface area contributed by atoms with E-state index in [1.54, 1.807) is 0 Å². The first kappa shape index (κ1) is 17.0. The Morgan fingerprint density at radius 1 is 1.19 bits per heavy atom. The predicted molar refractivity (Wildman–Crippen MR) is 80.9 cm³/mol. The predicted octanol–water partition coefficient (Wildman–Crippen LogP) is 3.44. The minimum atomic E-state index is -0.509. The van der Waals surface area contributed by atoms with Crippen LogP contribution in [0.4, 0.5) is 10.5 Å². The maximum Gasteiger partial charge on any atom is 0.417 e. The van der Waals surface area contributed by atoms with Gasteiger partial charge in [0.2, 0.25) is 0 Å². The molecule has 115 valence electrons. The highest BCUT2D eigenvalue weighted by Crippen LogP contribution is 2.14. The number of benzene rings is 1. The molecule has 1 radical (unpaired) electrons. The van der Waals surface area contributed by atoms with Crippen LogP contribution in [0.1, 0.15) is 39.2 Å². The number of hydrogen-bond acceptors (Lipinski definition) is 4. The zero-order chi connectivity index (χ0) is 15.7. The third-order valence-electron chi connectivity index (χ3n) is 2.62. The van der Waals surface area contributed by atoms with Crippen LogP contribution in [-0.4, -0.2) is 24.8 Å². The largest absolute Gasteiger partial charge is 0.457 e. The van der Waals surface area contributed by atoms with E-state index in [4.69, 9.17) is 4.74 Å². The van der Waals surface area contributed by atoms with Gasteiger partial charge in [0, 0.05) is 5.69 Å². The fraction of sp³-hybridized carbons (Fsp3) is 0.500. The lowest BCUT2D eigenvalue weighted by molar-refractivity contribution is 0.0636. The first-order valence-corrected chi connectivity index (χ1v) is 6.98. The van der Waals surface area contributed by atoms with Gasteiger partial charge in [-0.1, -0.05) is 12.1 Å². The Labute approximate surface area is 125 Å². The average Bonchev–Trinajstić information content (AvgIpc) is 2.38. The van der Waals surface area contributed by atoms with Crippen molar-refractivity contribution in [1.82, 2.24) is 0 Å². The smallest absolute Gasteiger partial charge is 0.417 e. The molecule has 1 rings (SSSR count). The summed E-state index contributed by atoms with van der Waals surface area (Å²) in [6.07, 6.45) is 2.18. The Balaban J connectivity index is 2.36. The summed E-state index contributed by atoms with van der Waals surface area (Å²) < 4.78 is 9.69. The molecule has 0 saturated heterocycles. The first-order valence-electron chi connectivity index (χ1n) is 6.98. The fourth-order valence-electron chi connectivity index (χ4n) is 1.72. The normalized spacial score (nSPS) is 10.8. The minimum Gasteiger partial charge on any atom is -0.457 e. The monoisotopic (exact) mass is 292 g/mol. The number of rotatable bonds is 7. The summed E-state index contributed by atoms with van der Waals surface area (Å²) in [5.74, 6) is 0. The topological polar surface area (TPSA) is 64.6 Å². The summed E-state index contributed by atoms with van der Waals surface area (Å²) in [5, 5.41) is 2.69. The van der Waals surface area contributed by atoms with Gasteiger partial charge in [0.05, 0.1) is 6.61 Å². The van der Waals surface area contributed by atoms with Gasteiger partial charge in [0.15, 0.2) is 0 Å². The van der Waals surface area contributed by atoms with Gasteiger partial charge >= 0.3 is 12.6 Å². The number of anilines is 1. The van der Waals surface area contributed by atoms with Gasteiger partial charge in [-0.3, -0.25) is 5.32 Å². The van der Waals surface area contributed by atoms with Crippen molar-refractivity contribution in [3.05, 3.63) is 29.8 Å². The van der Waals surface area contributed by atoms with Crippen molar-refractivity contribution in [2.24, 2.45) is 0 Å². The van der Waals surface area contributed by atoms with Gasteiger partial charge in [0.25, 0.3) is 0 Å². The zero-order valence-electron chi connectivity index (χ0n) is 12.8. The van der Waals surface area contributed by atoms with Gasteiger partial charge in [-0.2, -0.15) is 0 Å². The Kier molecular flexibility index (Phi) is 6.72. The Morgan fingerprint density at radius 3 is 2.43 bits per heavy atom. The number of hydrogen-bond donors (Lipinski definition) is 1. The number of ether oxygens (including phenoxy) is 2. The second-order valence-electron chi connectivity index (χ2n) is 5.71. The SMILES string of the molecule is CC(C)(C)OC(=O)Nc1ccc(CCCCO[C]=O)cc1. The molecule has 1 N–H and O–H groups in total. The molecule has 0 fully saturated rings. The Bertz CT molecular complexity index is 448. The van der Waals surface area contributed by atoms with Crippen molar-refractivity contribution in [1.29, 1.82) is 0 Å². The van der Waals surface area contributed by atoms with Gasteiger partial charge in [-0.05, 0) is 57.7 Å². The molecule has 0 atom stereocenters. The molecule has 21 heavy (non-hydrogen) atoms. The molecule has 0 saturated carbocycles. The van der Waals surface area contributed by atoms with E-state index in [2.05, 4.69) is 10.1 Å². The van der Waals surface area contributed by atoms with Crippen LogP contribution in [0, 0.1) is 0 Å². The second-order valence-corrected chi connectivity index (χ2v) is 5.71.